The number of aliphatic carboxylic acids is 6. The second-order valence-corrected chi connectivity index (χ2v) is 12.4. The Morgan fingerprint density at radius 1 is 0.472 bits per heavy atom. The SMILES string of the molecule is CCCCCCCCCCCCCCCCC[C](=O)[Al+2].N[C@@H](CCC(=O)O)C(=O)[O-].N[C@@H](CCC(=O)O)C(=O)[O-].N[C@@H](CCC(=O)O)C(=O)[O-].[Na+].[Na+].[OH-]. The maximum atomic E-state index is 10.7. The summed E-state index contributed by atoms with van der Waals surface area (Å²) in [6.07, 6.45) is 20.5. The first-order valence-electron chi connectivity index (χ1n) is 17.2. The third-order valence-corrected chi connectivity index (χ3v) is 7.23. The Hall–Kier alpha value is -1.14. The van der Waals surface area contributed by atoms with Crippen molar-refractivity contribution in [1.82, 2.24) is 0 Å². The Kier molecular flexibility index (Phi) is 61.5. The minimum Gasteiger partial charge on any atom is -0.870 e. The zero-order valence-corrected chi connectivity index (χ0v) is 37.1. The molecule has 17 nitrogen and oxygen atoms in total. The topological polar surface area (TPSA) is 357 Å². The molecule has 0 saturated heterocycles. The van der Waals surface area contributed by atoms with Gasteiger partial charge in [0.05, 0.1) is 17.9 Å². The molecule has 0 heterocycles. The van der Waals surface area contributed by atoms with Crippen molar-refractivity contribution in [3.05, 3.63) is 0 Å². The fraction of sp³-hybridized carbons (Fsp3) is 0.788. The zero-order valence-electron chi connectivity index (χ0n) is 32.0. The molecule has 0 spiro atoms. The molecule has 3 atom stereocenters. The molecule has 0 unspecified atom stereocenters. The molecule has 0 aliphatic rings. The van der Waals surface area contributed by atoms with Gasteiger partial charge in [-0.2, -0.15) is 0 Å². The van der Waals surface area contributed by atoms with Crippen LogP contribution in [0.25, 0.3) is 0 Å². The number of rotatable bonds is 28. The van der Waals surface area contributed by atoms with Crippen LogP contribution in [0.1, 0.15) is 148 Å². The fourth-order valence-electron chi connectivity index (χ4n) is 3.86. The van der Waals surface area contributed by atoms with Gasteiger partial charge >= 0.3 is 173 Å². The van der Waals surface area contributed by atoms with E-state index in [0.717, 1.165) is 12.8 Å². The molecular weight excluding hydrogens is 735 g/mol. The third-order valence-electron chi connectivity index (χ3n) is 6.94. The molecule has 0 aromatic rings. The normalized spacial score (nSPS) is 11.2. The second-order valence-electron chi connectivity index (χ2n) is 11.7. The van der Waals surface area contributed by atoms with Gasteiger partial charge in [0.15, 0.2) is 0 Å². The van der Waals surface area contributed by atoms with Crippen LogP contribution >= 0.6 is 0 Å². The van der Waals surface area contributed by atoms with Crippen LogP contribution < -0.4 is 91.6 Å². The van der Waals surface area contributed by atoms with Gasteiger partial charge in [0, 0.05) is 37.4 Å². The van der Waals surface area contributed by atoms with Gasteiger partial charge in [-0.05, 0) is 19.3 Å². The summed E-state index contributed by atoms with van der Waals surface area (Å²) < 4.78 is 0.264. The van der Waals surface area contributed by atoms with Crippen molar-refractivity contribution in [3.8, 4) is 0 Å². The number of carbonyl (C=O) groups excluding carboxylic acids is 4. The molecule has 0 aromatic carbocycles. The number of hydrogen-bond acceptors (Lipinski definition) is 14. The molecule has 0 saturated carbocycles. The number of carboxylic acid groups (broad SMARTS) is 6. The van der Waals surface area contributed by atoms with Crippen LogP contribution in [0.4, 0.5) is 0 Å². The molecule has 53 heavy (non-hydrogen) atoms. The van der Waals surface area contributed by atoms with Crippen LogP contribution in [0.2, 0.25) is 0 Å². The molecule has 0 aliphatic carbocycles. The van der Waals surface area contributed by atoms with Crippen molar-refractivity contribution < 1.29 is 129 Å². The van der Waals surface area contributed by atoms with Crippen LogP contribution in [0, 0.1) is 0 Å². The van der Waals surface area contributed by atoms with E-state index in [4.69, 9.17) is 32.5 Å². The first kappa shape index (κ1) is 66.7. The Morgan fingerprint density at radius 2 is 0.679 bits per heavy atom. The van der Waals surface area contributed by atoms with Gasteiger partial charge in [0.25, 0.3) is 0 Å². The summed E-state index contributed by atoms with van der Waals surface area (Å²) in [5, 5.41) is 53.9. The number of unbranched alkanes of at least 4 members (excludes halogenated alkanes) is 14. The summed E-state index contributed by atoms with van der Waals surface area (Å²) in [5.41, 5.74) is 14.8. The quantitative estimate of drug-likeness (QED) is 0.0317. The van der Waals surface area contributed by atoms with Crippen LogP contribution in [0.3, 0.4) is 0 Å². The van der Waals surface area contributed by atoms with E-state index in [1.165, 1.54) is 89.9 Å². The summed E-state index contributed by atoms with van der Waals surface area (Å²) >= 11 is 2.27. The van der Waals surface area contributed by atoms with Crippen LogP contribution in [0.15, 0.2) is 0 Å². The number of carbonyl (C=O) groups is 7. The van der Waals surface area contributed by atoms with Gasteiger partial charge in [-0.3, -0.25) is 14.4 Å². The van der Waals surface area contributed by atoms with Gasteiger partial charge in [-0.25, -0.2) is 0 Å². The minimum absolute atomic E-state index is 0. The van der Waals surface area contributed by atoms with Gasteiger partial charge in [-0.1, -0.05) is 39.0 Å². The molecule has 0 aliphatic heterocycles. The molecule has 10 N–H and O–H groups in total. The maximum Gasteiger partial charge on any atom is 1.00 e. The summed E-state index contributed by atoms with van der Waals surface area (Å²) in [6.45, 7) is 2.28. The van der Waals surface area contributed by atoms with E-state index < -0.39 is 53.9 Å². The maximum absolute atomic E-state index is 10.7. The van der Waals surface area contributed by atoms with E-state index in [1.54, 1.807) is 0 Å². The van der Waals surface area contributed by atoms with Crippen molar-refractivity contribution in [2.24, 2.45) is 17.2 Å². The molecule has 296 valence electrons. The second kappa shape index (κ2) is 48.9. The number of hydrogen-bond donors (Lipinski definition) is 6. The monoisotopic (exact) mass is 795 g/mol. The van der Waals surface area contributed by atoms with Gasteiger partial charge in [0.2, 0.25) is 0 Å². The first-order chi connectivity index (χ1) is 23.4. The Labute approximate surface area is 366 Å². The fourth-order valence-corrected chi connectivity index (χ4v) is 4.07. The van der Waals surface area contributed by atoms with E-state index in [1.807, 2.05) is 0 Å². The third kappa shape index (κ3) is 66.1. The van der Waals surface area contributed by atoms with E-state index >= 15 is 0 Å². The molecule has 0 amide bonds. The van der Waals surface area contributed by atoms with Gasteiger partial charge in [-0.15, -0.1) is 0 Å². The Bertz CT molecular complexity index is 872. The predicted octanol–water partition coefficient (Wildman–Crippen LogP) is -6.44. The molecule has 0 fully saturated rings. The minimum atomic E-state index is -1.42. The number of carboxylic acids is 6. The van der Waals surface area contributed by atoms with Gasteiger partial charge in [0.1, 0.15) is 0 Å². The molecule has 0 aromatic heterocycles. The largest absolute Gasteiger partial charge is 1.00 e. The Balaban J connectivity index is -0.000000111. The number of nitrogens with two attached hydrogens (primary N) is 3. The Morgan fingerprint density at radius 3 is 0.849 bits per heavy atom. The van der Waals surface area contributed by atoms with Crippen molar-refractivity contribution >= 4 is 56.8 Å². The van der Waals surface area contributed by atoms with Crippen LogP contribution in [-0.2, 0) is 33.6 Å². The summed E-state index contributed by atoms with van der Waals surface area (Å²) in [4.78, 5) is 70.0. The van der Waals surface area contributed by atoms with Crippen molar-refractivity contribution in [2.45, 2.75) is 166 Å². The van der Waals surface area contributed by atoms with Crippen molar-refractivity contribution in [2.75, 3.05) is 0 Å². The van der Waals surface area contributed by atoms with Crippen LogP contribution in [0.5, 0.6) is 0 Å². The predicted molar refractivity (Wildman–Crippen MR) is 182 cm³/mol. The molecular formula is C33H60AlN3Na2O14. The molecule has 0 bridgehead atoms. The zero-order chi connectivity index (χ0) is 39.3. The standard InChI is InChI=1S/C18H35O.3C5H9NO4.Al.2Na.H2O/c1-2-3-4-5-6-7-8-9-10-11-12-13-14-15-16-17-18-19;3*6-3(5(9)10)1-2-4(7)8;;;;/h2-17H2,1H3;3*3H,1-2,6H2,(H,7,8)(H,9,10);;;;1H2/q;;;;+2;2*+1;/p-4/t;3*3-;;;;/m.000..../s1. The molecule has 0 radical (unpaired) electrons. The van der Waals surface area contributed by atoms with Crippen molar-refractivity contribution in [1.29, 1.82) is 0 Å². The van der Waals surface area contributed by atoms with Crippen LogP contribution in [-0.4, -0.2) is 95.7 Å². The summed E-state index contributed by atoms with van der Waals surface area (Å²) in [5.74, 6) is -7.42. The van der Waals surface area contributed by atoms with Gasteiger partial charge < -0.3 is 67.7 Å². The summed E-state index contributed by atoms with van der Waals surface area (Å²) in [6, 6.07) is -3.51. The smallest absolute Gasteiger partial charge is 0.870 e. The molecule has 20 heteroatoms. The van der Waals surface area contributed by atoms with E-state index in [0.29, 0.717) is 0 Å². The van der Waals surface area contributed by atoms with E-state index in [-0.39, 0.29) is 108 Å². The molecule has 0 rings (SSSR count). The summed E-state index contributed by atoms with van der Waals surface area (Å²) in [7, 11) is 0. The van der Waals surface area contributed by atoms with E-state index in [9.17, 15) is 48.9 Å². The van der Waals surface area contributed by atoms with Crippen molar-refractivity contribution in [3.63, 3.8) is 0 Å². The average molecular weight is 796 g/mol. The van der Waals surface area contributed by atoms with E-state index in [2.05, 4.69) is 23.2 Å². The average Bonchev–Trinajstić information content (AvgIpc) is 3.03. The first-order valence-corrected chi connectivity index (χ1v) is 17.8.